The van der Waals surface area contributed by atoms with Gasteiger partial charge < -0.3 is 15.8 Å². The summed E-state index contributed by atoms with van der Waals surface area (Å²) in [7, 11) is 1.64. The molecule has 27 heavy (non-hydrogen) atoms. The number of anilines is 1. The van der Waals surface area contributed by atoms with Crippen molar-refractivity contribution in [2.24, 2.45) is 5.73 Å². The molecule has 2 aromatic carbocycles. The van der Waals surface area contributed by atoms with E-state index >= 15 is 0 Å². The molecule has 0 aliphatic heterocycles. The maximum atomic E-state index is 12.3. The van der Waals surface area contributed by atoms with E-state index in [0.29, 0.717) is 24.6 Å². The quantitative estimate of drug-likeness (QED) is 0.597. The molecule has 4 N–H and O–H groups in total. The van der Waals surface area contributed by atoms with Gasteiger partial charge in [0.1, 0.15) is 11.6 Å². The molecule has 1 unspecified atom stereocenters. The van der Waals surface area contributed by atoms with Gasteiger partial charge in [0.2, 0.25) is 5.91 Å². The Morgan fingerprint density at radius 1 is 1.19 bits per heavy atom. The standard InChI is InChI=1S/C20H23N5O2/c1-13(14-5-9-17(27-2)10-6-14)11-19(26)22-16-7-3-15(4-8-16)20-23-18(12-21)24-25-20/h3-10,13H,11-12,21H2,1-2H3,(H,22,26)(H,23,24,25). The Labute approximate surface area is 158 Å². The second kappa shape index (κ2) is 8.46. The first-order chi connectivity index (χ1) is 13.1. The smallest absolute Gasteiger partial charge is 0.224 e. The van der Waals surface area contributed by atoms with Gasteiger partial charge in [-0.1, -0.05) is 19.1 Å². The summed E-state index contributed by atoms with van der Waals surface area (Å²) >= 11 is 0. The number of methoxy groups -OCH3 is 1. The third-order valence-electron chi connectivity index (χ3n) is 4.33. The molecule has 3 rings (SSSR count). The molecule has 0 saturated carbocycles. The number of carbonyl (C=O) groups excluding carboxylic acids is 1. The van der Waals surface area contributed by atoms with Gasteiger partial charge in [0.05, 0.1) is 13.7 Å². The Balaban J connectivity index is 1.58. The third-order valence-corrected chi connectivity index (χ3v) is 4.33. The van der Waals surface area contributed by atoms with Crippen LogP contribution in [0, 0.1) is 0 Å². The molecule has 0 saturated heterocycles. The zero-order valence-electron chi connectivity index (χ0n) is 15.4. The highest BCUT2D eigenvalue weighted by atomic mass is 16.5. The number of hydrogen-bond acceptors (Lipinski definition) is 5. The highest BCUT2D eigenvalue weighted by molar-refractivity contribution is 5.91. The van der Waals surface area contributed by atoms with Crippen LogP contribution >= 0.6 is 0 Å². The summed E-state index contributed by atoms with van der Waals surface area (Å²) < 4.78 is 5.16. The molecule has 0 aliphatic rings. The predicted molar refractivity (Wildman–Crippen MR) is 104 cm³/mol. The molecule has 0 radical (unpaired) electrons. The number of nitrogens with zero attached hydrogens (tertiary/aromatic N) is 2. The van der Waals surface area contributed by atoms with Gasteiger partial charge in [-0.05, 0) is 47.9 Å². The van der Waals surface area contributed by atoms with Crippen LogP contribution < -0.4 is 15.8 Å². The van der Waals surface area contributed by atoms with E-state index in [1.807, 2.05) is 55.5 Å². The summed E-state index contributed by atoms with van der Waals surface area (Å²) in [5.41, 5.74) is 8.22. The van der Waals surface area contributed by atoms with E-state index in [4.69, 9.17) is 10.5 Å². The van der Waals surface area contributed by atoms with E-state index in [2.05, 4.69) is 20.5 Å². The van der Waals surface area contributed by atoms with E-state index in [1.54, 1.807) is 7.11 Å². The minimum atomic E-state index is -0.0330. The van der Waals surface area contributed by atoms with Crippen molar-refractivity contribution in [3.63, 3.8) is 0 Å². The lowest BCUT2D eigenvalue weighted by Crippen LogP contribution is -2.14. The van der Waals surface area contributed by atoms with Crippen molar-refractivity contribution in [1.29, 1.82) is 0 Å². The minimum absolute atomic E-state index is 0.0330. The maximum absolute atomic E-state index is 12.3. The number of hydrogen-bond donors (Lipinski definition) is 3. The first kappa shape index (κ1) is 18.6. The van der Waals surface area contributed by atoms with Gasteiger partial charge in [-0.25, -0.2) is 4.98 Å². The second-order valence-electron chi connectivity index (χ2n) is 6.31. The first-order valence-corrected chi connectivity index (χ1v) is 8.74. The van der Waals surface area contributed by atoms with Crippen molar-refractivity contribution in [1.82, 2.24) is 15.2 Å². The lowest BCUT2D eigenvalue weighted by Gasteiger charge is -2.13. The van der Waals surface area contributed by atoms with Crippen LogP contribution in [0.1, 0.15) is 30.7 Å². The van der Waals surface area contributed by atoms with Gasteiger partial charge in [-0.15, -0.1) is 0 Å². The summed E-state index contributed by atoms with van der Waals surface area (Å²) in [6.07, 6.45) is 0.398. The molecule has 1 aromatic heterocycles. The molecule has 140 valence electrons. The molecular formula is C20H23N5O2. The fourth-order valence-electron chi connectivity index (χ4n) is 2.76. The summed E-state index contributed by atoms with van der Waals surface area (Å²) in [5.74, 6) is 2.10. The van der Waals surface area contributed by atoms with Crippen molar-refractivity contribution < 1.29 is 9.53 Å². The average Bonchev–Trinajstić information content (AvgIpc) is 3.18. The van der Waals surface area contributed by atoms with E-state index in [9.17, 15) is 4.79 Å². The lowest BCUT2D eigenvalue weighted by molar-refractivity contribution is -0.116. The number of aromatic amines is 1. The zero-order valence-corrected chi connectivity index (χ0v) is 15.4. The van der Waals surface area contributed by atoms with Crippen LogP contribution in [0.25, 0.3) is 11.4 Å². The Hall–Kier alpha value is -3.19. The van der Waals surface area contributed by atoms with Crippen LogP contribution in [-0.4, -0.2) is 28.2 Å². The largest absolute Gasteiger partial charge is 0.497 e. The Bertz CT molecular complexity index is 887. The summed E-state index contributed by atoms with van der Waals surface area (Å²) in [5, 5.41) is 9.83. The van der Waals surface area contributed by atoms with Crippen LogP contribution in [-0.2, 0) is 11.3 Å². The maximum Gasteiger partial charge on any atom is 0.224 e. The molecule has 0 fully saturated rings. The molecule has 3 aromatic rings. The Morgan fingerprint density at radius 2 is 1.89 bits per heavy atom. The summed E-state index contributed by atoms with van der Waals surface area (Å²) in [6, 6.07) is 15.2. The van der Waals surface area contributed by atoms with Gasteiger partial charge in [0.15, 0.2) is 5.82 Å². The van der Waals surface area contributed by atoms with Crippen molar-refractivity contribution in [3.05, 3.63) is 59.9 Å². The minimum Gasteiger partial charge on any atom is -0.497 e. The van der Waals surface area contributed by atoms with Crippen molar-refractivity contribution in [3.8, 4) is 17.1 Å². The molecule has 1 amide bonds. The fraction of sp³-hybridized carbons (Fsp3) is 0.250. The SMILES string of the molecule is COc1ccc(C(C)CC(=O)Nc2ccc(-c3n[nH]c(CN)n3)cc2)cc1. The molecule has 1 heterocycles. The van der Waals surface area contributed by atoms with Crippen LogP contribution in [0.5, 0.6) is 5.75 Å². The van der Waals surface area contributed by atoms with E-state index in [1.165, 1.54) is 0 Å². The van der Waals surface area contributed by atoms with Gasteiger partial charge >= 0.3 is 0 Å². The molecule has 0 spiro atoms. The zero-order chi connectivity index (χ0) is 19.2. The van der Waals surface area contributed by atoms with Crippen molar-refractivity contribution in [2.75, 3.05) is 12.4 Å². The third kappa shape index (κ3) is 4.71. The fourth-order valence-corrected chi connectivity index (χ4v) is 2.76. The Kier molecular flexibility index (Phi) is 5.83. The molecule has 7 nitrogen and oxygen atoms in total. The van der Waals surface area contributed by atoms with E-state index in [0.717, 1.165) is 22.6 Å². The van der Waals surface area contributed by atoms with Crippen molar-refractivity contribution in [2.45, 2.75) is 25.8 Å². The lowest BCUT2D eigenvalue weighted by atomic mass is 9.97. The average molecular weight is 365 g/mol. The van der Waals surface area contributed by atoms with Crippen molar-refractivity contribution >= 4 is 11.6 Å². The molecule has 0 bridgehead atoms. The summed E-state index contributed by atoms with van der Waals surface area (Å²) in [6.45, 7) is 2.34. The number of amides is 1. The van der Waals surface area contributed by atoms with Gasteiger partial charge in [0, 0.05) is 17.7 Å². The van der Waals surface area contributed by atoms with Gasteiger partial charge in [-0.3, -0.25) is 9.89 Å². The topological polar surface area (TPSA) is 106 Å². The number of carbonyl (C=O) groups is 1. The number of H-pyrrole nitrogens is 1. The molecule has 0 aliphatic carbocycles. The number of benzene rings is 2. The normalized spacial score (nSPS) is 11.8. The Morgan fingerprint density at radius 3 is 2.48 bits per heavy atom. The van der Waals surface area contributed by atoms with E-state index < -0.39 is 0 Å². The van der Waals surface area contributed by atoms with Crippen LogP contribution in [0.15, 0.2) is 48.5 Å². The number of nitrogens with one attached hydrogen (secondary N) is 2. The van der Waals surface area contributed by atoms with Gasteiger partial charge in [-0.2, -0.15) is 5.10 Å². The monoisotopic (exact) mass is 365 g/mol. The van der Waals surface area contributed by atoms with Gasteiger partial charge in [0.25, 0.3) is 0 Å². The van der Waals surface area contributed by atoms with Crippen LogP contribution in [0.4, 0.5) is 5.69 Å². The number of rotatable bonds is 7. The summed E-state index contributed by atoms with van der Waals surface area (Å²) in [4.78, 5) is 16.6. The highest BCUT2D eigenvalue weighted by Crippen LogP contribution is 2.23. The molecule has 7 heteroatoms. The first-order valence-electron chi connectivity index (χ1n) is 8.74. The van der Waals surface area contributed by atoms with Crippen LogP contribution in [0.3, 0.4) is 0 Å². The highest BCUT2D eigenvalue weighted by Gasteiger charge is 2.12. The predicted octanol–water partition coefficient (Wildman–Crippen LogP) is 3.07. The molecule has 1 atom stereocenters. The number of nitrogens with two attached hydrogens (primary N) is 1. The number of aromatic nitrogens is 3. The van der Waals surface area contributed by atoms with Crippen LogP contribution in [0.2, 0.25) is 0 Å². The van der Waals surface area contributed by atoms with E-state index in [-0.39, 0.29) is 11.8 Å². The molecular weight excluding hydrogens is 342 g/mol. The number of ether oxygens (including phenoxy) is 1. The second-order valence-corrected chi connectivity index (χ2v) is 6.31.